The van der Waals surface area contributed by atoms with Gasteiger partial charge in [-0.3, -0.25) is 0 Å². The van der Waals surface area contributed by atoms with Crippen molar-refractivity contribution in [1.82, 2.24) is 5.34 Å². The topological polar surface area (TPSA) is 6.48 Å². The molecule has 0 radical (unpaired) electrons. The van der Waals surface area contributed by atoms with Gasteiger partial charge < -0.3 is 0 Å². The number of anilines is 1. The number of thiocarbonyl (C=S) groups is 1. The van der Waals surface area contributed by atoms with Gasteiger partial charge in [-0.1, -0.05) is 31.6 Å². The van der Waals surface area contributed by atoms with Crippen LogP contribution in [-0.2, 0) is 0 Å². The van der Waals surface area contributed by atoms with Crippen molar-refractivity contribution in [3.63, 3.8) is 0 Å². The molecule has 0 N–H and O–H groups in total. The third-order valence-corrected chi connectivity index (χ3v) is 1.59. The number of nitrogens with zero attached hydrogens (tertiary/aromatic N) is 2. The highest BCUT2D eigenvalue weighted by Crippen LogP contribution is 2.16. The standard InChI is InChI=1S/C7H5F3N2S/c8-11(7(13)12(9)10)6-4-2-1-3-5-6/h1-5H. The van der Waals surface area contributed by atoms with Crippen LogP contribution in [0.25, 0.3) is 0 Å². The third-order valence-electron chi connectivity index (χ3n) is 1.30. The fraction of sp³-hybridized carbons (Fsp3) is 0. The molecule has 0 aliphatic heterocycles. The van der Waals surface area contributed by atoms with Crippen LogP contribution < -0.4 is 5.12 Å². The lowest BCUT2D eigenvalue weighted by Crippen LogP contribution is -2.28. The minimum atomic E-state index is -1.46. The molecule has 0 spiro atoms. The van der Waals surface area contributed by atoms with E-state index in [1.54, 1.807) is 6.07 Å². The molecule has 0 bridgehead atoms. The van der Waals surface area contributed by atoms with Crippen LogP contribution in [0.15, 0.2) is 30.3 Å². The second kappa shape index (κ2) is 4.08. The number of benzene rings is 1. The Labute approximate surface area is 78.0 Å². The normalized spacial score (nSPS) is 9.46. The quantitative estimate of drug-likeness (QED) is 0.515. The van der Waals surface area contributed by atoms with Gasteiger partial charge in [0.1, 0.15) is 0 Å². The van der Waals surface area contributed by atoms with Crippen LogP contribution in [0, 0.1) is 0 Å². The van der Waals surface area contributed by atoms with E-state index in [0.29, 0.717) is 0 Å². The lowest BCUT2D eigenvalue weighted by Gasteiger charge is -2.13. The highest BCUT2D eigenvalue weighted by atomic mass is 32.1. The average molecular weight is 206 g/mol. The van der Waals surface area contributed by atoms with Gasteiger partial charge in [-0.05, 0) is 29.7 Å². The molecule has 6 heteroatoms. The van der Waals surface area contributed by atoms with Crippen molar-refractivity contribution >= 4 is 23.0 Å². The summed E-state index contributed by atoms with van der Waals surface area (Å²) in [5.74, 6) is 0. The number of para-hydroxylation sites is 1. The van der Waals surface area contributed by atoms with E-state index in [1.165, 1.54) is 24.3 Å². The molecule has 0 amide bonds. The van der Waals surface area contributed by atoms with Gasteiger partial charge in [-0.15, -0.1) is 5.12 Å². The van der Waals surface area contributed by atoms with E-state index < -0.39 is 10.5 Å². The third kappa shape index (κ3) is 2.32. The average Bonchev–Trinajstić information content (AvgIpc) is 2.17. The summed E-state index contributed by atoms with van der Waals surface area (Å²) in [6, 6.07) is 7.34. The molecule has 70 valence electrons. The number of hydrogen-bond donors (Lipinski definition) is 0. The first kappa shape index (κ1) is 9.79. The lowest BCUT2D eigenvalue weighted by molar-refractivity contribution is -0.0745. The molecule has 0 aliphatic carbocycles. The van der Waals surface area contributed by atoms with Crippen LogP contribution in [0.1, 0.15) is 0 Å². The Morgan fingerprint density at radius 2 is 1.62 bits per heavy atom. The molecule has 0 aromatic heterocycles. The molecule has 2 nitrogen and oxygen atoms in total. The van der Waals surface area contributed by atoms with E-state index in [9.17, 15) is 13.4 Å². The smallest absolute Gasteiger partial charge is 0.147 e. The van der Waals surface area contributed by atoms with Gasteiger partial charge >= 0.3 is 0 Å². The maximum atomic E-state index is 12.9. The summed E-state index contributed by atoms with van der Waals surface area (Å²) in [6.45, 7) is 0. The summed E-state index contributed by atoms with van der Waals surface area (Å²) < 4.78 is 36.5. The number of halogens is 3. The van der Waals surface area contributed by atoms with Crippen LogP contribution >= 0.6 is 12.2 Å². The maximum Gasteiger partial charge on any atom is 0.268 e. The molecule has 1 aromatic rings. The first-order chi connectivity index (χ1) is 6.13. The van der Waals surface area contributed by atoms with Gasteiger partial charge in [-0.2, -0.15) is 0 Å². The van der Waals surface area contributed by atoms with Gasteiger partial charge in [0.15, 0.2) is 0 Å². The van der Waals surface area contributed by atoms with Crippen molar-refractivity contribution in [3.05, 3.63) is 30.3 Å². The van der Waals surface area contributed by atoms with E-state index in [1.807, 2.05) is 0 Å². The lowest BCUT2D eigenvalue weighted by atomic mass is 10.3. The summed E-state index contributed by atoms with van der Waals surface area (Å²) in [6.07, 6.45) is 0. The first-order valence-electron chi connectivity index (χ1n) is 3.29. The zero-order valence-electron chi connectivity index (χ0n) is 6.32. The maximum absolute atomic E-state index is 12.9. The van der Waals surface area contributed by atoms with Crippen LogP contribution in [0.3, 0.4) is 0 Å². The van der Waals surface area contributed by atoms with Crippen LogP contribution in [-0.4, -0.2) is 10.5 Å². The van der Waals surface area contributed by atoms with Crippen molar-refractivity contribution in [2.75, 3.05) is 5.12 Å². The molecule has 0 saturated carbocycles. The summed E-state index contributed by atoms with van der Waals surface area (Å²) in [5.41, 5.74) is -0.0344. The Bertz CT molecular complexity index is 291. The van der Waals surface area contributed by atoms with E-state index in [-0.39, 0.29) is 10.8 Å². The molecule has 13 heavy (non-hydrogen) atoms. The molecule has 0 heterocycles. The summed E-state index contributed by atoms with van der Waals surface area (Å²) in [5, 5.41) is -2.91. The van der Waals surface area contributed by atoms with E-state index in [0.717, 1.165) is 0 Å². The minimum Gasteiger partial charge on any atom is -0.147 e. The molecule has 0 aliphatic rings. The zero-order valence-corrected chi connectivity index (χ0v) is 7.14. The zero-order chi connectivity index (χ0) is 9.84. The Morgan fingerprint density at radius 1 is 1.08 bits per heavy atom. The van der Waals surface area contributed by atoms with Crippen molar-refractivity contribution in [1.29, 1.82) is 0 Å². The highest BCUT2D eigenvalue weighted by Gasteiger charge is 2.17. The molecule has 1 aromatic carbocycles. The predicted octanol–water partition coefficient (Wildman–Crippen LogP) is 2.73. The minimum absolute atomic E-state index is 0.0344. The largest absolute Gasteiger partial charge is 0.268 e. The Kier molecular flexibility index (Phi) is 3.07. The fourth-order valence-corrected chi connectivity index (χ4v) is 0.841. The van der Waals surface area contributed by atoms with Gasteiger partial charge in [-0.25, -0.2) is 0 Å². The second-order valence-corrected chi connectivity index (χ2v) is 2.50. The molecular weight excluding hydrogens is 201 g/mol. The van der Waals surface area contributed by atoms with Gasteiger partial charge in [0.05, 0.1) is 5.69 Å². The van der Waals surface area contributed by atoms with E-state index >= 15 is 0 Å². The molecular formula is C7H5F3N2S. The van der Waals surface area contributed by atoms with Crippen LogP contribution in [0.5, 0.6) is 0 Å². The Balaban J connectivity index is 2.80. The van der Waals surface area contributed by atoms with Gasteiger partial charge in [0.25, 0.3) is 5.11 Å². The Morgan fingerprint density at radius 3 is 2.08 bits per heavy atom. The number of rotatable bonds is 1. The monoisotopic (exact) mass is 206 g/mol. The highest BCUT2D eigenvalue weighted by molar-refractivity contribution is 7.80. The second-order valence-electron chi connectivity index (χ2n) is 2.13. The fourth-order valence-electron chi connectivity index (χ4n) is 0.736. The van der Waals surface area contributed by atoms with Crippen molar-refractivity contribution in [2.24, 2.45) is 0 Å². The van der Waals surface area contributed by atoms with E-state index in [4.69, 9.17) is 0 Å². The SMILES string of the molecule is FN(F)C(=S)N(F)c1ccccc1. The molecule has 0 atom stereocenters. The summed E-state index contributed by atoms with van der Waals surface area (Å²) in [7, 11) is 0. The summed E-state index contributed by atoms with van der Waals surface area (Å²) in [4.78, 5) is 0. The van der Waals surface area contributed by atoms with E-state index in [2.05, 4.69) is 12.2 Å². The molecule has 0 unspecified atom stereocenters. The van der Waals surface area contributed by atoms with Crippen molar-refractivity contribution in [2.45, 2.75) is 0 Å². The first-order valence-corrected chi connectivity index (χ1v) is 3.70. The summed E-state index contributed by atoms with van der Waals surface area (Å²) >= 11 is 4.11. The van der Waals surface area contributed by atoms with Crippen molar-refractivity contribution in [3.8, 4) is 0 Å². The van der Waals surface area contributed by atoms with Gasteiger partial charge in [0.2, 0.25) is 0 Å². The van der Waals surface area contributed by atoms with Crippen molar-refractivity contribution < 1.29 is 13.4 Å². The van der Waals surface area contributed by atoms with Crippen LogP contribution in [0.2, 0.25) is 0 Å². The number of hydrogen-bond acceptors (Lipinski definition) is 1. The van der Waals surface area contributed by atoms with Crippen LogP contribution in [0.4, 0.5) is 19.1 Å². The van der Waals surface area contributed by atoms with Gasteiger partial charge in [0, 0.05) is 0 Å². The molecule has 0 fully saturated rings. The predicted molar refractivity (Wildman–Crippen MR) is 46.7 cm³/mol. The Hall–Kier alpha value is -1.30. The molecule has 1 rings (SSSR count). The molecule has 0 saturated heterocycles.